The monoisotopic (exact) mass is 179 g/mol. The standard InChI is InChI=1S/C11H14FN/c1-8-4-2-3-5-9(8)10(12)11(13)6-7-11/h2-5,10H,6-7,13H2,1H3. The van der Waals surface area contributed by atoms with Crippen molar-refractivity contribution in [2.45, 2.75) is 31.5 Å². The summed E-state index contributed by atoms with van der Waals surface area (Å²) < 4.78 is 13.8. The van der Waals surface area contributed by atoms with Crippen LogP contribution in [-0.4, -0.2) is 5.54 Å². The second kappa shape index (κ2) is 2.81. The number of alkyl halides is 1. The van der Waals surface area contributed by atoms with Crippen molar-refractivity contribution in [1.82, 2.24) is 0 Å². The first-order valence-corrected chi connectivity index (χ1v) is 4.62. The van der Waals surface area contributed by atoms with Gasteiger partial charge in [-0.2, -0.15) is 0 Å². The fourth-order valence-electron chi connectivity index (χ4n) is 1.58. The maximum absolute atomic E-state index is 13.8. The minimum Gasteiger partial charge on any atom is -0.322 e. The average Bonchev–Trinajstić information content (AvgIpc) is 2.85. The summed E-state index contributed by atoms with van der Waals surface area (Å²) in [5.74, 6) is 0. The lowest BCUT2D eigenvalue weighted by molar-refractivity contribution is 0.273. The topological polar surface area (TPSA) is 26.0 Å². The largest absolute Gasteiger partial charge is 0.322 e. The van der Waals surface area contributed by atoms with Crippen LogP contribution in [0.1, 0.15) is 30.1 Å². The lowest BCUT2D eigenvalue weighted by Gasteiger charge is -2.17. The summed E-state index contributed by atoms with van der Waals surface area (Å²) in [6.45, 7) is 1.92. The van der Waals surface area contributed by atoms with Crippen LogP contribution in [0.5, 0.6) is 0 Å². The van der Waals surface area contributed by atoms with Crippen LogP contribution in [-0.2, 0) is 0 Å². The molecule has 1 fully saturated rings. The van der Waals surface area contributed by atoms with Crippen molar-refractivity contribution < 1.29 is 4.39 Å². The molecule has 1 atom stereocenters. The lowest BCUT2D eigenvalue weighted by atomic mass is 9.98. The van der Waals surface area contributed by atoms with Crippen molar-refractivity contribution in [3.63, 3.8) is 0 Å². The number of hydrogen-bond acceptors (Lipinski definition) is 1. The first-order chi connectivity index (χ1) is 6.13. The van der Waals surface area contributed by atoms with E-state index in [4.69, 9.17) is 5.73 Å². The minimum absolute atomic E-state index is 0.563. The van der Waals surface area contributed by atoms with Gasteiger partial charge in [-0.1, -0.05) is 24.3 Å². The molecule has 1 nitrogen and oxygen atoms in total. The maximum atomic E-state index is 13.8. The third-order valence-corrected chi connectivity index (χ3v) is 2.79. The Hall–Kier alpha value is -0.890. The van der Waals surface area contributed by atoms with Crippen LogP contribution in [0, 0.1) is 6.92 Å². The SMILES string of the molecule is Cc1ccccc1C(F)C1(N)CC1. The van der Waals surface area contributed by atoms with E-state index in [1.165, 1.54) is 0 Å². The Balaban J connectivity index is 2.30. The molecule has 0 spiro atoms. The number of halogens is 1. The van der Waals surface area contributed by atoms with Gasteiger partial charge in [-0.15, -0.1) is 0 Å². The summed E-state index contributed by atoms with van der Waals surface area (Å²) >= 11 is 0. The number of hydrogen-bond donors (Lipinski definition) is 1. The molecule has 1 aromatic carbocycles. The summed E-state index contributed by atoms with van der Waals surface area (Å²) in [5.41, 5.74) is 7.00. The van der Waals surface area contributed by atoms with E-state index in [2.05, 4.69) is 0 Å². The average molecular weight is 179 g/mol. The molecule has 0 heterocycles. The minimum atomic E-state index is -0.992. The molecule has 13 heavy (non-hydrogen) atoms. The Morgan fingerprint density at radius 2 is 2.00 bits per heavy atom. The molecule has 0 aliphatic heterocycles. The second-order valence-corrected chi connectivity index (χ2v) is 3.95. The molecule has 1 saturated carbocycles. The van der Waals surface area contributed by atoms with Crippen LogP contribution in [0.4, 0.5) is 4.39 Å². The Morgan fingerprint density at radius 1 is 1.38 bits per heavy atom. The molecule has 2 N–H and O–H groups in total. The maximum Gasteiger partial charge on any atom is 0.143 e. The smallest absolute Gasteiger partial charge is 0.143 e. The van der Waals surface area contributed by atoms with Gasteiger partial charge in [0.15, 0.2) is 0 Å². The van der Waals surface area contributed by atoms with Gasteiger partial charge >= 0.3 is 0 Å². The zero-order valence-electron chi connectivity index (χ0n) is 7.76. The number of aryl methyl sites for hydroxylation is 1. The Kier molecular flexibility index (Phi) is 1.88. The van der Waals surface area contributed by atoms with Crippen LogP contribution in [0.2, 0.25) is 0 Å². The quantitative estimate of drug-likeness (QED) is 0.741. The highest BCUT2D eigenvalue weighted by Gasteiger charge is 2.47. The first kappa shape index (κ1) is 8.70. The van der Waals surface area contributed by atoms with Crippen molar-refractivity contribution >= 4 is 0 Å². The molecule has 0 saturated heterocycles. The van der Waals surface area contributed by atoms with E-state index in [-0.39, 0.29) is 0 Å². The van der Waals surface area contributed by atoms with E-state index in [0.717, 1.165) is 24.0 Å². The molecule has 1 unspecified atom stereocenters. The zero-order chi connectivity index (χ0) is 9.47. The molecular weight excluding hydrogens is 165 g/mol. The van der Waals surface area contributed by atoms with Crippen LogP contribution < -0.4 is 5.73 Å². The summed E-state index contributed by atoms with van der Waals surface area (Å²) in [6, 6.07) is 7.53. The molecule has 1 aliphatic rings. The third-order valence-electron chi connectivity index (χ3n) is 2.79. The van der Waals surface area contributed by atoms with Crippen molar-refractivity contribution in [1.29, 1.82) is 0 Å². The molecule has 0 amide bonds. The summed E-state index contributed by atoms with van der Waals surface area (Å²) in [5, 5.41) is 0. The van der Waals surface area contributed by atoms with Crippen LogP contribution >= 0.6 is 0 Å². The summed E-state index contributed by atoms with van der Waals surface area (Å²) in [7, 11) is 0. The van der Waals surface area contributed by atoms with E-state index >= 15 is 0 Å². The molecule has 1 aromatic rings. The zero-order valence-corrected chi connectivity index (χ0v) is 7.76. The van der Waals surface area contributed by atoms with Gasteiger partial charge in [0, 0.05) is 0 Å². The molecule has 70 valence electrons. The Bertz CT molecular complexity index is 318. The van der Waals surface area contributed by atoms with E-state index < -0.39 is 11.7 Å². The van der Waals surface area contributed by atoms with Crippen molar-refractivity contribution in [2.24, 2.45) is 5.73 Å². The fourth-order valence-corrected chi connectivity index (χ4v) is 1.58. The first-order valence-electron chi connectivity index (χ1n) is 4.62. The Labute approximate surface area is 77.8 Å². The third kappa shape index (κ3) is 1.46. The molecule has 0 aromatic heterocycles. The van der Waals surface area contributed by atoms with Gasteiger partial charge < -0.3 is 5.73 Å². The van der Waals surface area contributed by atoms with Crippen LogP contribution in [0.15, 0.2) is 24.3 Å². The van der Waals surface area contributed by atoms with E-state index in [1.807, 2.05) is 31.2 Å². The number of benzene rings is 1. The number of nitrogens with two attached hydrogens (primary N) is 1. The van der Waals surface area contributed by atoms with Crippen LogP contribution in [0.25, 0.3) is 0 Å². The van der Waals surface area contributed by atoms with E-state index in [9.17, 15) is 4.39 Å². The fraction of sp³-hybridized carbons (Fsp3) is 0.455. The predicted molar refractivity (Wildman–Crippen MR) is 51.2 cm³/mol. The summed E-state index contributed by atoms with van der Waals surface area (Å²) in [6.07, 6.45) is 0.624. The van der Waals surface area contributed by atoms with Gasteiger partial charge in [-0.25, -0.2) is 4.39 Å². The van der Waals surface area contributed by atoms with E-state index in [0.29, 0.717) is 0 Å². The lowest BCUT2D eigenvalue weighted by Crippen LogP contribution is -2.28. The van der Waals surface area contributed by atoms with E-state index in [1.54, 1.807) is 0 Å². The highest BCUT2D eigenvalue weighted by molar-refractivity contribution is 5.31. The second-order valence-electron chi connectivity index (χ2n) is 3.95. The normalized spacial score (nSPS) is 21.2. The summed E-state index contributed by atoms with van der Waals surface area (Å²) in [4.78, 5) is 0. The molecule has 2 heteroatoms. The molecule has 1 aliphatic carbocycles. The van der Waals surface area contributed by atoms with Gasteiger partial charge in [0.1, 0.15) is 6.17 Å². The van der Waals surface area contributed by atoms with Crippen LogP contribution in [0.3, 0.4) is 0 Å². The molecule has 2 rings (SSSR count). The Morgan fingerprint density at radius 3 is 2.54 bits per heavy atom. The predicted octanol–water partition coefficient (Wildman–Crippen LogP) is 2.50. The molecular formula is C11H14FN. The highest BCUT2D eigenvalue weighted by Crippen LogP contribution is 2.46. The highest BCUT2D eigenvalue weighted by atomic mass is 19.1. The van der Waals surface area contributed by atoms with Gasteiger partial charge in [0.25, 0.3) is 0 Å². The van der Waals surface area contributed by atoms with Gasteiger partial charge in [0.2, 0.25) is 0 Å². The number of rotatable bonds is 2. The van der Waals surface area contributed by atoms with Crippen molar-refractivity contribution in [2.75, 3.05) is 0 Å². The molecule has 0 bridgehead atoms. The van der Waals surface area contributed by atoms with Gasteiger partial charge in [0.05, 0.1) is 5.54 Å². The van der Waals surface area contributed by atoms with Gasteiger partial charge in [-0.3, -0.25) is 0 Å². The molecule has 0 radical (unpaired) electrons. The van der Waals surface area contributed by atoms with Crippen molar-refractivity contribution in [3.8, 4) is 0 Å². The van der Waals surface area contributed by atoms with Crippen molar-refractivity contribution in [3.05, 3.63) is 35.4 Å². The van der Waals surface area contributed by atoms with Gasteiger partial charge in [-0.05, 0) is 30.9 Å².